The van der Waals surface area contributed by atoms with Crippen molar-refractivity contribution in [2.24, 2.45) is 0 Å². The van der Waals surface area contributed by atoms with Crippen LogP contribution >= 0.6 is 0 Å². The number of aromatic nitrogens is 1. The smallest absolute Gasteiger partial charge is 0.0877 e. The third kappa shape index (κ3) is 3.23. The summed E-state index contributed by atoms with van der Waals surface area (Å²) in [6.07, 6.45) is 1.23. The van der Waals surface area contributed by atoms with Gasteiger partial charge in [0.1, 0.15) is 0 Å². The highest BCUT2D eigenvalue weighted by molar-refractivity contribution is 5.92. The SMILES string of the molecule is CCc1cc(N2CCOC(CN(C)C)C2)c2ccccc2n1. The van der Waals surface area contributed by atoms with Crippen LogP contribution in [-0.2, 0) is 11.2 Å². The summed E-state index contributed by atoms with van der Waals surface area (Å²) in [5.74, 6) is 0. The number of pyridine rings is 1. The minimum atomic E-state index is 0.265. The van der Waals surface area contributed by atoms with E-state index < -0.39 is 0 Å². The van der Waals surface area contributed by atoms with Crippen LogP contribution < -0.4 is 4.90 Å². The Morgan fingerprint density at radius 2 is 2.14 bits per heavy atom. The molecule has 1 saturated heterocycles. The van der Waals surface area contributed by atoms with E-state index in [0.717, 1.165) is 43.9 Å². The average molecular weight is 299 g/mol. The molecule has 4 heteroatoms. The fourth-order valence-corrected chi connectivity index (χ4v) is 3.11. The second-order valence-corrected chi connectivity index (χ2v) is 6.20. The third-order valence-corrected chi connectivity index (χ3v) is 4.16. The lowest BCUT2D eigenvalue weighted by atomic mass is 10.1. The summed E-state index contributed by atoms with van der Waals surface area (Å²) >= 11 is 0. The molecule has 1 aromatic heterocycles. The van der Waals surface area contributed by atoms with Gasteiger partial charge in [-0.3, -0.25) is 4.98 Å². The Hall–Kier alpha value is -1.65. The number of para-hydroxylation sites is 1. The molecule has 118 valence electrons. The highest BCUT2D eigenvalue weighted by Gasteiger charge is 2.22. The normalized spacial score (nSPS) is 19.1. The zero-order valence-corrected chi connectivity index (χ0v) is 13.7. The van der Waals surface area contributed by atoms with Crippen molar-refractivity contribution >= 4 is 16.6 Å². The highest BCUT2D eigenvalue weighted by atomic mass is 16.5. The molecule has 0 aliphatic carbocycles. The van der Waals surface area contributed by atoms with Gasteiger partial charge in [0, 0.05) is 36.4 Å². The van der Waals surface area contributed by atoms with E-state index in [4.69, 9.17) is 9.72 Å². The number of morpholine rings is 1. The van der Waals surface area contributed by atoms with Gasteiger partial charge in [-0.2, -0.15) is 0 Å². The molecule has 0 bridgehead atoms. The Bertz CT molecular complexity index is 641. The van der Waals surface area contributed by atoms with E-state index in [1.807, 2.05) is 0 Å². The standard InChI is InChI=1S/C18H25N3O/c1-4-14-11-18(16-7-5-6-8-17(16)19-14)21-9-10-22-15(13-21)12-20(2)3/h5-8,11,15H,4,9-10,12-13H2,1-3H3. The average Bonchev–Trinajstić information content (AvgIpc) is 2.53. The Balaban J connectivity index is 1.94. The number of anilines is 1. The number of likely N-dealkylation sites (N-methyl/N-ethyl adjacent to an activating group) is 1. The Kier molecular flexibility index (Phi) is 4.60. The number of benzene rings is 1. The number of hydrogen-bond acceptors (Lipinski definition) is 4. The predicted molar refractivity (Wildman–Crippen MR) is 91.6 cm³/mol. The van der Waals surface area contributed by atoms with Crippen molar-refractivity contribution in [3.05, 3.63) is 36.0 Å². The molecule has 1 aliphatic rings. The summed E-state index contributed by atoms with van der Waals surface area (Å²) in [4.78, 5) is 9.40. The fraction of sp³-hybridized carbons (Fsp3) is 0.500. The van der Waals surface area contributed by atoms with Crippen LogP contribution in [0.4, 0.5) is 5.69 Å². The number of aryl methyl sites for hydroxylation is 1. The molecular formula is C18H25N3O. The van der Waals surface area contributed by atoms with Crippen molar-refractivity contribution in [3.8, 4) is 0 Å². The molecule has 0 saturated carbocycles. The third-order valence-electron chi connectivity index (χ3n) is 4.16. The van der Waals surface area contributed by atoms with Crippen molar-refractivity contribution < 1.29 is 4.74 Å². The summed E-state index contributed by atoms with van der Waals surface area (Å²) in [6.45, 7) is 5.79. The molecule has 1 atom stereocenters. The lowest BCUT2D eigenvalue weighted by Gasteiger charge is -2.36. The van der Waals surface area contributed by atoms with Crippen LogP contribution in [0.5, 0.6) is 0 Å². The van der Waals surface area contributed by atoms with E-state index in [1.54, 1.807) is 0 Å². The van der Waals surface area contributed by atoms with Crippen LogP contribution in [0.3, 0.4) is 0 Å². The molecule has 1 fully saturated rings. The summed E-state index contributed by atoms with van der Waals surface area (Å²) in [6, 6.07) is 10.7. The van der Waals surface area contributed by atoms with E-state index in [0.29, 0.717) is 0 Å². The molecule has 2 aromatic rings. The maximum atomic E-state index is 5.91. The van der Waals surface area contributed by atoms with Gasteiger partial charge in [0.2, 0.25) is 0 Å². The van der Waals surface area contributed by atoms with Crippen LogP contribution in [0.15, 0.2) is 30.3 Å². The Morgan fingerprint density at radius 1 is 1.32 bits per heavy atom. The maximum Gasteiger partial charge on any atom is 0.0877 e. The topological polar surface area (TPSA) is 28.6 Å². The van der Waals surface area contributed by atoms with Gasteiger partial charge in [-0.1, -0.05) is 25.1 Å². The molecule has 22 heavy (non-hydrogen) atoms. The molecule has 3 rings (SSSR count). The van der Waals surface area contributed by atoms with Gasteiger partial charge >= 0.3 is 0 Å². The molecule has 1 aliphatic heterocycles. The minimum absolute atomic E-state index is 0.265. The van der Waals surface area contributed by atoms with Crippen LogP contribution in [0.2, 0.25) is 0 Å². The van der Waals surface area contributed by atoms with Crippen LogP contribution in [-0.4, -0.2) is 56.3 Å². The second-order valence-electron chi connectivity index (χ2n) is 6.20. The van der Waals surface area contributed by atoms with E-state index in [1.165, 1.54) is 11.1 Å². The van der Waals surface area contributed by atoms with Gasteiger partial charge in [0.15, 0.2) is 0 Å². The van der Waals surface area contributed by atoms with Crippen molar-refractivity contribution in [1.82, 2.24) is 9.88 Å². The van der Waals surface area contributed by atoms with Crippen LogP contribution in [0.1, 0.15) is 12.6 Å². The van der Waals surface area contributed by atoms with Crippen LogP contribution in [0.25, 0.3) is 10.9 Å². The first-order valence-corrected chi connectivity index (χ1v) is 8.07. The monoisotopic (exact) mass is 299 g/mol. The van der Waals surface area contributed by atoms with Crippen molar-refractivity contribution in [2.45, 2.75) is 19.4 Å². The van der Waals surface area contributed by atoms with Gasteiger partial charge in [-0.25, -0.2) is 0 Å². The first kappa shape index (κ1) is 15.3. The predicted octanol–water partition coefficient (Wildman–Crippen LogP) is 2.56. The van der Waals surface area contributed by atoms with Crippen LogP contribution in [0, 0.1) is 0 Å². The molecule has 0 radical (unpaired) electrons. The van der Waals surface area contributed by atoms with Crippen molar-refractivity contribution in [1.29, 1.82) is 0 Å². The molecular weight excluding hydrogens is 274 g/mol. The van der Waals surface area contributed by atoms with Gasteiger partial charge in [-0.15, -0.1) is 0 Å². The first-order valence-electron chi connectivity index (χ1n) is 8.07. The van der Waals surface area contributed by atoms with Gasteiger partial charge in [0.05, 0.1) is 18.2 Å². The molecule has 1 unspecified atom stereocenters. The van der Waals surface area contributed by atoms with E-state index in [-0.39, 0.29) is 6.10 Å². The number of nitrogens with zero attached hydrogens (tertiary/aromatic N) is 3. The van der Waals surface area contributed by atoms with Gasteiger partial charge in [0.25, 0.3) is 0 Å². The quantitative estimate of drug-likeness (QED) is 0.867. The number of hydrogen-bond donors (Lipinski definition) is 0. The molecule has 2 heterocycles. The molecule has 0 spiro atoms. The van der Waals surface area contributed by atoms with E-state index in [2.05, 4.69) is 61.2 Å². The Morgan fingerprint density at radius 3 is 2.91 bits per heavy atom. The summed E-state index contributed by atoms with van der Waals surface area (Å²) in [5, 5.41) is 1.24. The number of fused-ring (bicyclic) bond motifs is 1. The van der Waals surface area contributed by atoms with E-state index in [9.17, 15) is 0 Å². The summed E-state index contributed by atoms with van der Waals surface area (Å²) < 4.78 is 5.91. The highest BCUT2D eigenvalue weighted by Crippen LogP contribution is 2.28. The van der Waals surface area contributed by atoms with Crippen molar-refractivity contribution in [2.75, 3.05) is 45.2 Å². The zero-order chi connectivity index (χ0) is 15.5. The molecule has 0 N–H and O–H groups in total. The number of rotatable bonds is 4. The minimum Gasteiger partial charge on any atom is -0.373 e. The first-order chi connectivity index (χ1) is 10.7. The summed E-state index contributed by atoms with van der Waals surface area (Å²) in [5.41, 5.74) is 3.55. The molecule has 0 amide bonds. The van der Waals surface area contributed by atoms with Crippen molar-refractivity contribution in [3.63, 3.8) is 0 Å². The lowest BCUT2D eigenvalue weighted by molar-refractivity contribution is 0.0248. The molecule has 1 aromatic carbocycles. The van der Waals surface area contributed by atoms with Gasteiger partial charge < -0.3 is 14.5 Å². The maximum absolute atomic E-state index is 5.91. The second kappa shape index (κ2) is 6.63. The summed E-state index contributed by atoms with van der Waals surface area (Å²) in [7, 11) is 4.19. The van der Waals surface area contributed by atoms with Gasteiger partial charge in [-0.05, 0) is 32.6 Å². The van der Waals surface area contributed by atoms with E-state index >= 15 is 0 Å². The lowest BCUT2D eigenvalue weighted by Crippen LogP contribution is -2.46. The largest absolute Gasteiger partial charge is 0.373 e. The zero-order valence-electron chi connectivity index (χ0n) is 13.7. The number of ether oxygens (including phenoxy) is 1. The Labute approximate surface area is 132 Å². The molecule has 4 nitrogen and oxygen atoms in total. The fourth-order valence-electron chi connectivity index (χ4n) is 3.11.